The van der Waals surface area contributed by atoms with Crippen LogP contribution < -0.4 is 15.1 Å². The number of nitrogens with one attached hydrogen (secondary N) is 1. The molecule has 0 spiro atoms. The minimum absolute atomic E-state index is 0.0706. The highest BCUT2D eigenvalue weighted by Gasteiger charge is 2.31. The molecule has 0 radical (unpaired) electrons. The zero-order chi connectivity index (χ0) is 23.7. The van der Waals surface area contributed by atoms with Crippen LogP contribution >= 0.6 is 0 Å². The average molecular weight is 463 g/mol. The Kier molecular flexibility index (Phi) is 6.82. The number of anilines is 3. The number of likely N-dealkylation sites (tertiary alicyclic amines) is 1. The van der Waals surface area contributed by atoms with Crippen LogP contribution in [0.3, 0.4) is 0 Å². The van der Waals surface area contributed by atoms with Crippen LogP contribution in [0.2, 0.25) is 0 Å². The number of aryl methyl sites for hydroxylation is 1. The Morgan fingerprint density at radius 2 is 1.65 bits per heavy atom. The molecule has 2 saturated heterocycles. The number of piperidine rings is 1. The summed E-state index contributed by atoms with van der Waals surface area (Å²) in [7, 11) is 1.95. The van der Waals surface area contributed by atoms with E-state index in [1.807, 2.05) is 13.1 Å². The van der Waals surface area contributed by atoms with Gasteiger partial charge in [0, 0.05) is 58.5 Å². The summed E-state index contributed by atoms with van der Waals surface area (Å²) in [6.45, 7) is 13.2. The molecule has 5 heteroatoms. The molecule has 34 heavy (non-hydrogen) atoms. The van der Waals surface area contributed by atoms with Crippen molar-refractivity contribution in [2.75, 3.05) is 68.0 Å². The lowest BCUT2D eigenvalue weighted by Gasteiger charge is -2.38. The molecule has 4 nitrogen and oxygen atoms in total. The van der Waals surface area contributed by atoms with Crippen molar-refractivity contribution in [1.29, 1.82) is 0 Å². The quantitative estimate of drug-likeness (QED) is 0.601. The molecule has 1 unspecified atom stereocenters. The van der Waals surface area contributed by atoms with E-state index < -0.39 is 0 Å². The summed E-state index contributed by atoms with van der Waals surface area (Å²) in [4.78, 5) is 7.25. The van der Waals surface area contributed by atoms with Crippen molar-refractivity contribution in [2.45, 2.75) is 39.0 Å². The Morgan fingerprint density at radius 3 is 2.29 bits per heavy atom. The minimum Gasteiger partial charge on any atom is -0.386 e. The SMILES string of the molecule is C=C1CCN(CC2Cc3cc(F)c(N4CCN(c5ccc(CC)cc5)CC4)c(NC)c3C2)CC1. The summed E-state index contributed by atoms with van der Waals surface area (Å²) in [5, 5.41) is 3.40. The molecule has 5 rings (SSSR count). The number of rotatable bonds is 6. The van der Waals surface area contributed by atoms with Crippen molar-refractivity contribution in [1.82, 2.24) is 4.90 Å². The third-order valence-corrected chi connectivity index (χ3v) is 8.09. The van der Waals surface area contributed by atoms with Crippen molar-refractivity contribution in [3.63, 3.8) is 0 Å². The van der Waals surface area contributed by atoms with E-state index in [4.69, 9.17) is 0 Å². The standard InChI is InChI=1S/C29H39FN4/c1-4-22-5-7-25(8-6-22)33-13-15-34(16-14-33)29-27(30)19-24-17-23(18-26(24)28(29)31-3)20-32-11-9-21(2)10-12-32/h5-8,19,23,31H,2,4,9-18,20H2,1,3H3. The number of piperazine rings is 1. The van der Waals surface area contributed by atoms with Crippen LogP contribution in [0.15, 0.2) is 42.5 Å². The highest BCUT2D eigenvalue weighted by atomic mass is 19.1. The molecule has 182 valence electrons. The summed E-state index contributed by atoms with van der Waals surface area (Å²) in [6, 6.07) is 10.7. The second kappa shape index (κ2) is 9.99. The lowest BCUT2D eigenvalue weighted by molar-refractivity contribution is 0.220. The summed E-state index contributed by atoms with van der Waals surface area (Å²) < 4.78 is 15.5. The van der Waals surface area contributed by atoms with E-state index in [1.165, 1.54) is 28.0 Å². The first-order chi connectivity index (χ1) is 16.6. The van der Waals surface area contributed by atoms with Crippen LogP contribution in [0, 0.1) is 11.7 Å². The number of hydrogen-bond acceptors (Lipinski definition) is 4. The van der Waals surface area contributed by atoms with Gasteiger partial charge in [-0.2, -0.15) is 0 Å². The average Bonchev–Trinajstić information content (AvgIpc) is 3.26. The van der Waals surface area contributed by atoms with E-state index in [0.717, 1.165) is 89.3 Å². The molecule has 1 N–H and O–H groups in total. The molecule has 2 aliphatic heterocycles. The van der Waals surface area contributed by atoms with E-state index in [9.17, 15) is 0 Å². The van der Waals surface area contributed by atoms with Crippen molar-refractivity contribution < 1.29 is 4.39 Å². The van der Waals surface area contributed by atoms with Crippen molar-refractivity contribution in [2.24, 2.45) is 5.92 Å². The third kappa shape index (κ3) is 4.68. The molecule has 2 aromatic rings. The van der Waals surface area contributed by atoms with Gasteiger partial charge < -0.3 is 20.0 Å². The second-order valence-corrected chi connectivity index (χ2v) is 10.3. The van der Waals surface area contributed by atoms with Gasteiger partial charge in [0.1, 0.15) is 5.82 Å². The van der Waals surface area contributed by atoms with Gasteiger partial charge in [-0.1, -0.05) is 31.2 Å². The van der Waals surface area contributed by atoms with Crippen molar-refractivity contribution >= 4 is 17.1 Å². The van der Waals surface area contributed by atoms with Crippen LogP contribution in [0.25, 0.3) is 0 Å². The Morgan fingerprint density at radius 1 is 0.971 bits per heavy atom. The number of halogens is 1. The zero-order valence-electron chi connectivity index (χ0n) is 20.9. The first-order valence-electron chi connectivity index (χ1n) is 13.1. The van der Waals surface area contributed by atoms with E-state index in [2.05, 4.69) is 57.8 Å². The number of benzene rings is 2. The van der Waals surface area contributed by atoms with Gasteiger partial charge in [0.05, 0.1) is 11.4 Å². The molecule has 2 fully saturated rings. The van der Waals surface area contributed by atoms with Gasteiger partial charge in [-0.25, -0.2) is 4.39 Å². The largest absolute Gasteiger partial charge is 0.386 e. The molecule has 1 atom stereocenters. The molecule has 0 saturated carbocycles. The van der Waals surface area contributed by atoms with Gasteiger partial charge in [-0.05, 0) is 72.9 Å². The van der Waals surface area contributed by atoms with E-state index in [0.29, 0.717) is 5.92 Å². The predicted octanol–water partition coefficient (Wildman–Crippen LogP) is 5.12. The molecule has 1 aliphatic carbocycles. The normalized spacial score (nSPS) is 21.1. The molecule has 0 amide bonds. The first kappa shape index (κ1) is 23.2. The third-order valence-electron chi connectivity index (χ3n) is 8.09. The van der Waals surface area contributed by atoms with Gasteiger partial charge in [0.15, 0.2) is 0 Å². The van der Waals surface area contributed by atoms with Crippen LogP contribution in [0.1, 0.15) is 36.5 Å². The van der Waals surface area contributed by atoms with Gasteiger partial charge in [0.2, 0.25) is 0 Å². The Hall–Kier alpha value is -2.53. The lowest BCUT2D eigenvalue weighted by Crippen LogP contribution is -2.47. The molecular weight excluding hydrogens is 423 g/mol. The highest BCUT2D eigenvalue weighted by Crippen LogP contribution is 2.41. The summed E-state index contributed by atoms with van der Waals surface area (Å²) in [5.41, 5.74) is 8.35. The zero-order valence-corrected chi connectivity index (χ0v) is 20.9. The van der Waals surface area contributed by atoms with E-state index in [-0.39, 0.29) is 5.82 Å². The summed E-state index contributed by atoms with van der Waals surface area (Å²) in [6.07, 6.45) is 5.33. The Labute approximate surface area is 204 Å². The molecule has 0 bridgehead atoms. The fourth-order valence-corrected chi connectivity index (χ4v) is 6.07. The fraction of sp³-hybridized carbons (Fsp3) is 0.517. The van der Waals surface area contributed by atoms with Gasteiger partial charge in [0.25, 0.3) is 0 Å². The van der Waals surface area contributed by atoms with E-state index in [1.54, 1.807) is 0 Å². The molecule has 2 heterocycles. The molecule has 3 aliphatic rings. The van der Waals surface area contributed by atoms with Gasteiger partial charge >= 0.3 is 0 Å². The van der Waals surface area contributed by atoms with Gasteiger partial charge in [-0.15, -0.1) is 0 Å². The Balaban J connectivity index is 1.28. The van der Waals surface area contributed by atoms with Crippen LogP contribution in [0.4, 0.5) is 21.5 Å². The molecule has 0 aromatic heterocycles. The maximum Gasteiger partial charge on any atom is 0.148 e. The summed E-state index contributed by atoms with van der Waals surface area (Å²) in [5.74, 6) is 0.504. The van der Waals surface area contributed by atoms with Crippen molar-refractivity contribution in [3.05, 3.63) is 65.0 Å². The van der Waals surface area contributed by atoms with Crippen molar-refractivity contribution in [3.8, 4) is 0 Å². The van der Waals surface area contributed by atoms with Gasteiger partial charge in [-0.3, -0.25) is 0 Å². The van der Waals surface area contributed by atoms with Crippen LogP contribution in [-0.2, 0) is 19.3 Å². The Bertz CT molecular complexity index is 1010. The second-order valence-electron chi connectivity index (χ2n) is 10.3. The minimum atomic E-state index is -0.0706. The van der Waals surface area contributed by atoms with Crippen LogP contribution in [-0.4, -0.2) is 57.8 Å². The topological polar surface area (TPSA) is 21.8 Å². The van der Waals surface area contributed by atoms with Crippen LogP contribution in [0.5, 0.6) is 0 Å². The van der Waals surface area contributed by atoms with E-state index >= 15 is 4.39 Å². The first-order valence-corrected chi connectivity index (χ1v) is 13.1. The maximum atomic E-state index is 15.5. The summed E-state index contributed by atoms with van der Waals surface area (Å²) >= 11 is 0. The fourth-order valence-electron chi connectivity index (χ4n) is 6.07. The monoisotopic (exact) mass is 462 g/mol. The molecular formula is C29H39FN4. The predicted molar refractivity (Wildman–Crippen MR) is 142 cm³/mol. The number of nitrogens with zero attached hydrogens (tertiary/aromatic N) is 3. The number of hydrogen-bond donors (Lipinski definition) is 1. The smallest absolute Gasteiger partial charge is 0.148 e. The number of fused-ring (bicyclic) bond motifs is 1. The lowest BCUT2D eigenvalue weighted by atomic mass is 10.0. The highest BCUT2D eigenvalue weighted by molar-refractivity contribution is 5.77. The maximum absolute atomic E-state index is 15.5. The molecule has 2 aromatic carbocycles.